The minimum atomic E-state index is -0.807. The molecule has 3 heterocycles. The van der Waals surface area contributed by atoms with Crippen LogP contribution >= 0.6 is 11.3 Å². The van der Waals surface area contributed by atoms with Crippen molar-refractivity contribution in [3.8, 4) is 0 Å². The summed E-state index contributed by atoms with van der Waals surface area (Å²) in [5.74, 6) is -1.94. The molecule has 2 aromatic heterocycles. The maximum absolute atomic E-state index is 13.3. The lowest BCUT2D eigenvalue weighted by Gasteiger charge is -2.26. The number of thiazole rings is 1. The van der Waals surface area contributed by atoms with Gasteiger partial charge in [-0.1, -0.05) is 17.8 Å². The number of amides is 2. The topological polar surface area (TPSA) is 151 Å². The van der Waals surface area contributed by atoms with Gasteiger partial charge in [0.25, 0.3) is 11.8 Å². The van der Waals surface area contributed by atoms with E-state index in [1.807, 2.05) is 0 Å². The van der Waals surface area contributed by atoms with Gasteiger partial charge in [-0.15, -0.1) is 0 Å². The van der Waals surface area contributed by atoms with Crippen LogP contribution in [0.2, 0.25) is 0 Å². The van der Waals surface area contributed by atoms with Crippen molar-refractivity contribution in [2.24, 2.45) is 5.73 Å². The van der Waals surface area contributed by atoms with Crippen LogP contribution in [-0.2, 0) is 0 Å². The number of nitrogens with two attached hydrogens (primary N) is 2. The fraction of sp³-hybridized carbons (Fsp3) is 0.304. The van der Waals surface area contributed by atoms with Gasteiger partial charge in [0.2, 0.25) is 5.95 Å². The molecule has 0 spiro atoms. The van der Waals surface area contributed by atoms with E-state index in [-0.39, 0.29) is 15.8 Å². The molecular formula is C23H27FN8O2S. The van der Waals surface area contributed by atoms with Crippen molar-refractivity contribution >= 4 is 50.3 Å². The van der Waals surface area contributed by atoms with Crippen molar-refractivity contribution in [1.82, 2.24) is 14.9 Å². The minimum Gasteiger partial charge on any atom is -0.397 e. The van der Waals surface area contributed by atoms with E-state index >= 15 is 0 Å². The molecule has 0 saturated carbocycles. The molecule has 0 aliphatic carbocycles. The van der Waals surface area contributed by atoms with Gasteiger partial charge in [-0.3, -0.25) is 9.59 Å². The van der Waals surface area contributed by atoms with E-state index < -0.39 is 17.8 Å². The van der Waals surface area contributed by atoms with Crippen LogP contribution in [0.15, 0.2) is 36.5 Å². The third kappa shape index (κ3) is 6.43. The van der Waals surface area contributed by atoms with Gasteiger partial charge in [-0.25, -0.2) is 9.97 Å². The SMILES string of the molecule is NC(=O)c1nc(Nc2ccnc(F)c2)sc1NC(=O)c1ccc(NCCN2CCCCC2)c(N)c1. The number of carbonyl (C=O) groups excluding carboxylic acids is 2. The lowest BCUT2D eigenvalue weighted by atomic mass is 10.1. The predicted octanol–water partition coefficient (Wildman–Crippen LogP) is 3.25. The highest BCUT2D eigenvalue weighted by molar-refractivity contribution is 7.20. The number of primary amides is 1. The second-order valence-electron chi connectivity index (χ2n) is 8.14. The number of likely N-dealkylation sites (tertiary alicyclic amines) is 1. The first-order valence-corrected chi connectivity index (χ1v) is 12.1. The van der Waals surface area contributed by atoms with Gasteiger partial charge in [0.15, 0.2) is 10.8 Å². The number of piperidine rings is 1. The van der Waals surface area contributed by atoms with Crippen molar-refractivity contribution in [2.45, 2.75) is 19.3 Å². The fourth-order valence-corrected chi connectivity index (χ4v) is 4.69. The Bertz CT molecular complexity index is 1210. The van der Waals surface area contributed by atoms with E-state index in [0.717, 1.165) is 43.2 Å². The zero-order valence-electron chi connectivity index (χ0n) is 19.0. The summed E-state index contributed by atoms with van der Waals surface area (Å²) in [6, 6.07) is 7.69. The summed E-state index contributed by atoms with van der Waals surface area (Å²) >= 11 is 0.997. The number of benzene rings is 1. The molecule has 184 valence electrons. The Morgan fingerprint density at radius 2 is 1.94 bits per heavy atom. The Kier molecular flexibility index (Phi) is 7.73. The predicted molar refractivity (Wildman–Crippen MR) is 136 cm³/mol. The standard InChI is InChI=1S/C23H27FN8O2S/c24-18-13-15(6-7-28-18)29-23-30-19(20(26)33)22(35-23)31-21(34)14-4-5-17(16(25)12-14)27-8-11-32-9-2-1-3-10-32/h4-7,12-13,27H,1-3,8-11,25H2,(H2,26,33)(H,31,34)(H,28,29,30). The molecule has 1 saturated heterocycles. The van der Waals surface area contributed by atoms with Crippen LogP contribution in [0.3, 0.4) is 0 Å². The minimum absolute atomic E-state index is 0.107. The normalized spacial score (nSPS) is 13.9. The first kappa shape index (κ1) is 24.4. The van der Waals surface area contributed by atoms with E-state index in [4.69, 9.17) is 11.5 Å². The third-order valence-corrected chi connectivity index (χ3v) is 6.46. The molecule has 3 aromatic rings. The Balaban J connectivity index is 1.40. The first-order valence-electron chi connectivity index (χ1n) is 11.3. The Hall–Kier alpha value is -3.77. The smallest absolute Gasteiger partial charge is 0.270 e. The van der Waals surface area contributed by atoms with Crippen LogP contribution < -0.4 is 27.4 Å². The van der Waals surface area contributed by atoms with Gasteiger partial charge in [0.05, 0.1) is 11.4 Å². The number of hydrogen-bond acceptors (Lipinski definition) is 9. The molecule has 0 atom stereocenters. The average molecular weight is 499 g/mol. The average Bonchev–Trinajstić information content (AvgIpc) is 3.23. The molecule has 0 bridgehead atoms. The third-order valence-electron chi connectivity index (χ3n) is 5.57. The van der Waals surface area contributed by atoms with E-state index in [9.17, 15) is 14.0 Å². The number of nitrogens with one attached hydrogen (secondary N) is 3. The number of rotatable bonds is 9. The molecule has 1 aliphatic rings. The first-order chi connectivity index (χ1) is 16.9. The number of pyridine rings is 1. The number of hydrogen-bond donors (Lipinski definition) is 5. The second-order valence-corrected chi connectivity index (χ2v) is 9.14. The summed E-state index contributed by atoms with van der Waals surface area (Å²) in [4.78, 5) is 34.7. The maximum atomic E-state index is 13.3. The summed E-state index contributed by atoms with van der Waals surface area (Å²) in [7, 11) is 0. The number of aromatic nitrogens is 2. The summed E-state index contributed by atoms with van der Waals surface area (Å²) in [5.41, 5.74) is 13.4. The summed E-state index contributed by atoms with van der Waals surface area (Å²) in [6.07, 6.45) is 5.07. The number of nitrogens with zero attached hydrogens (tertiary/aromatic N) is 3. The molecule has 2 amide bonds. The monoisotopic (exact) mass is 498 g/mol. The van der Waals surface area contributed by atoms with Gasteiger partial charge in [-0.05, 0) is 50.2 Å². The van der Waals surface area contributed by atoms with Crippen LogP contribution in [0.25, 0.3) is 0 Å². The van der Waals surface area contributed by atoms with Crippen molar-refractivity contribution in [3.05, 3.63) is 53.7 Å². The molecule has 0 radical (unpaired) electrons. The van der Waals surface area contributed by atoms with Gasteiger partial charge in [-0.2, -0.15) is 4.39 Å². The molecule has 7 N–H and O–H groups in total. The Labute approximate surface area is 205 Å². The number of nitrogen functional groups attached to an aromatic ring is 1. The van der Waals surface area contributed by atoms with Gasteiger partial charge in [0.1, 0.15) is 5.00 Å². The maximum Gasteiger partial charge on any atom is 0.270 e. The summed E-state index contributed by atoms with van der Waals surface area (Å²) < 4.78 is 13.3. The van der Waals surface area contributed by atoms with Crippen LogP contribution in [-0.4, -0.2) is 52.9 Å². The van der Waals surface area contributed by atoms with Crippen molar-refractivity contribution in [2.75, 3.05) is 47.9 Å². The number of anilines is 5. The lowest BCUT2D eigenvalue weighted by Crippen LogP contribution is -2.33. The second kappa shape index (κ2) is 11.1. The zero-order chi connectivity index (χ0) is 24.8. The van der Waals surface area contributed by atoms with Crippen molar-refractivity contribution in [1.29, 1.82) is 0 Å². The van der Waals surface area contributed by atoms with Gasteiger partial charge in [0, 0.05) is 36.6 Å². The van der Waals surface area contributed by atoms with Crippen LogP contribution in [0.1, 0.15) is 40.1 Å². The zero-order valence-corrected chi connectivity index (χ0v) is 19.8. The van der Waals surface area contributed by atoms with Crippen LogP contribution in [0, 0.1) is 5.95 Å². The fourth-order valence-electron chi connectivity index (χ4n) is 3.80. The highest BCUT2D eigenvalue weighted by atomic mass is 32.1. The lowest BCUT2D eigenvalue weighted by molar-refractivity contribution is 0.0997. The molecule has 4 rings (SSSR count). The Morgan fingerprint density at radius 3 is 2.66 bits per heavy atom. The molecular weight excluding hydrogens is 471 g/mol. The number of halogens is 1. The summed E-state index contributed by atoms with van der Waals surface area (Å²) in [6.45, 7) is 3.94. The molecule has 1 aromatic carbocycles. The molecule has 12 heteroatoms. The van der Waals surface area contributed by atoms with Crippen molar-refractivity contribution < 1.29 is 14.0 Å². The van der Waals surface area contributed by atoms with E-state index in [2.05, 4.69) is 30.8 Å². The molecule has 10 nitrogen and oxygen atoms in total. The van der Waals surface area contributed by atoms with E-state index in [1.54, 1.807) is 18.2 Å². The van der Waals surface area contributed by atoms with Gasteiger partial charge >= 0.3 is 0 Å². The quantitative estimate of drug-likeness (QED) is 0.223. The Morgan fingerprint density at radius 1 is 1.14 bits per heavy atom. The van der Waals surface area contributed by atoms with Crippen LogP contribution in [0.4, 0.5) is 31.6 Å². The largest absolute Gasteiger partial charge is 0.397 e. The van der Waals surface area contributed by atoms with Crippen LogP contribution in [0.5, 0.6) is 0 Å². The molecule has 0 unspecified atom stereocenters. The molecule has 1 fully saturated rings. The highest BCUT2D eigenvalue weighted by Gasteiger charge is 2.19. The van der Waals surface area contributed by atoms with E-state index in [1.165, 1.54) is 37.6 Å². The van der Waals surface area contributed by atoms with Gasteiger partial charge < -0.3 is 32.3 Å². The molecule has 35 heavy (non-hydrogen) atoms. The summed E-state index contributed by atoms with van der Waals surface area (Å²) in [5, 5.41) is 9.28. The highest BCUT2D eigenvalue weighted by Crippen LogP contribution is 2.31. The van der Waals surface area contributed by atoms with Crippen molar-refractivity contribution in [3.63, 3.8) is 0 Å². The molecule has 1 aliphatic heterocycles. The number of carbonyl (C=O) groups is 2. The van der Waals surface area contributed by atoms with E-state index in [0.29, 0.717) is 16.9 Å².